The van der Waals surface area contributed by atoms with Gasteiger partial charge in [0.15, 0.2) is 12.2 Å². The van der Waals surface area contributed by atoms with Crippen molar-refractivity contribution in [3.63, 3.8) is 0 Å². The maximum Gasteiger partial charge on any atom is 0.335 e. The van der Waals surface area contributed by atoms with E-state index >= 15 is 0 Å². The largest absolute Gasteiger partial charge is 0.459 e. The van der Waals surface area contributed by atoms with Crippen molar-refractivity contribution in [3.05, 3.63) is 23.3 Å². The fourth-order valence-electron chi connectivity index (χ4n) is 2.82. The number of nitrogens with zero attached hydrogens (tertiary/aromatic N) is 1. The number of carbonyl (C=O) groups is 3. The number of likely N-dealkylation sites (N-methyl/N-ethyl adjacent to an activating group) is 1. The van der Waals surface area contributed by atoms with Gasteiger partial charge in [-0.1, -0.05) is 19.1 Å². The zero-order valence-corrected chi connectivity index (χ0v) is 14.9. The molecule has 0 amide bonds. The molecule has 0 aromatic heterocycles. The van der Waals surface area contributed by atoms with Gasteiger partial charge in [0.25, 0.3) is 0 Å². The molecule has 3 atom stereocenters. The van der Waals surface area contributed by atoms with E-state index in [1.165, 1.54) is 0 Å². The Morgan fingerprint density at radius 2 is 2.04 bits per heavy atom. The number of esters is 2. The van der Waals surface area contributed by atoms with Gasteiger partial charge >= 0.3 is 11.9 Å². The van der Waals surface area contributed by atoms with Gasteiger partial charge in [-0.05, 0) is 26.3 Å². The lowest BCUT2D eigenvalue weighted by Crippen LogP contribution is -2.39. The number of fused-ring (bicyclic) bond motifs is 2. The second-order valence-electron chi connectivity index (χ2n) is 6.59. The van der Waals surface area contributed by atoms with E-state index in [4.69, 9.17) is 9.47 Å². The number of hydrogen-bond acceptors (Lipinski definition) is 7. The van der Waals surface area contributed by atoms with Crippen LogP contribution in [-0.2, 0) is 23.9 Å². The molecular weight excluding hydrogens is 326 g/mol. The van der Waals surface area contributed by atoms with Gasteiger partial charge in [-0.25, -0.2) is 9.59 Å². The normalized spacial score (nSPS) is 31.8. The van der Waals surface area contributed by atoms with Gasteiger partial charge in [-0.3, -0.25) is 4.79 Å². The smallest absolute Gasteiger partial charge is 0.335 e. The van der Waals surface area contributed by atoms with Gasteiger partial charge < -0.3 is 19.5 Å². The van der Waals surface area contributed by atoms with Crippen molar-refractivity contribution in [3.8, 4) is 0 Å². The molecule has 2 heterocycles. The summed E-state index contributed by atoms with van der Waals surface area (Å²) < 4.78 is 10.6. The molecule has 0 aromatic rings. The molecule has 0 aliphatic carbocycles. The van der Waals surface area contributed by atoms with Gasteiger partial charge in [0.05, 0.1) is 0 Å². The molecule has 2 aliphatic rings. The highest BCUT2D eigenvalue weighted by Crippen LogP contribution is 2.22. The number of rotatable bonds is 0. The maximum absolute atomic E-state index is 12.7. The third-order valence-corrected chi connectivity index (χ3v) is 4.58. The predicted octanol–water partition coefficient (Wildman–Crippen LogP) is 0.619. The molecule has 2 rings (SSSR count). The lowest BCUT2D eigenvalue weighted by Gasteiger charge is -2.27. The van der Waals surface area contributed by atoms with Crippen LogP contribution < -0.4 is 0 Å². The Balaban J connectivity index is 2.36. The number of ketones is 1. The van der Waals surface area contributed by atoms with Crippen LogP contribution in [-0.4, -0.2) is 66.7 Å². The van der Waals surface area contributed by atoms with Crippen LogP contribution in [0, 0.1) is 5.92 Å². The Labute approximate surface area is 147 Å². The van der Waals surface area contributed by atoms with Gasteiger partial charge in [0, 0.05) is 30.7 Å². The number of cyclic esters (lactones) is 1. The van der Waals surface area contributed by atoms with Crippen LogP contribution in [0.1, 0.15) is 26.7 Å². The number of ether oxygens (including phenoxy) is 2. The second kappa shape index (κ2) is 8.40. The summed E-state index contributed by atoms with van der Waals surface area (Å²) in [5.74, 6) is -2.24. The number of carbonyl (C=O) groups excluding carboxylic acids is 3. The van der Waals surface area contributed by atoms with E-state index in [0.717, 1.165) is 0 Å². The summed E-state index contributed by atoms with van der Waals surface area (Å²) >= 11 is 0. The molecule has 0 saturated carbocycles. The van der Waals surface area contributed by atoms with E-state index < -0.39 is 30.1 Å². The van der Waals surface area contributed by atoms with Crippen molar-refractivity contribution in [1.82, 2.24) is 4.90 Å². The standard InChI is InChI=1S/C18H25NO6/c1-4-12-9-11(2)15(20)18(23)24-10-13-5-7-19(3)8-6-14(16(13)21)25-17(12)22/h4-5,11,14-15,20H,6-10H2,1-3H3/t11-,14-,15+/m1/s1. The van der Waals surface area contributed by atoms with Crippen LogP contribution in [0.15, 0.2) is 23.3 Å². The third-order valence-electron chi connectivity index (χ3n) is 4.58. The highest BCUT2D eigenvalue weighted by molar-refractivity contribution is 6.01. The molecule has 1 N–H and O–H groups in total. The van der Waals surface area contributed by atoms with Crippen molar-refractivity contribution in [1.29, 1.82) is 0 Å². The summed E-state index contributed by atoms with van der Waals surface area (Å²) in [6.07, 6.45) is 1.52. The first-order valence-corrected chi connectivity index (χ1v) is 8.46. The molecule has 1 fully saturated rings. The highest BCUT2D eigenvalue weighted by Gasteiger charge is 2.33. The Bertz CT molecular complexity index is 609. The minimum absolute atomic E-state index is 0.162. The minimum atomic E-state index is -1.37. The molecule has 1 saturated heterocycles. The van der Waals surface area contributed by atoms with Crippen LogP contribution in [0.5, 0.6) is 0 Å². The molecule has 0 radical (unpaired) electrons. The second-order valence-corrected chi connectivity index (χ2v) is 6.59. The van der Waals surface area contributed by atoms with Gasteiger partial charge in [-0.2, -0.15) is 0 Å². The van der Waals surface area contributed by atoms with Crippen LogP contribution in [0.2, 0.25) is 0 Å². The van der Waals surface area contributed by atoms with Gasteiger partial charge in [-0.15, -0.1) is 0 Å². The summed E-state index contributed by atoms with van der Waals surface area (Å²) in [5, 5.41) is 10.1. The van der Waals surface area contributed by atoms with Gasteiger partial charge in [0.2, 0.25) is 5.78 Å². The van der Waals surface area contributed by atoms with Crippen LogP contribution in [0.4, 0.5) is 0 Å². The fraction of sp³-hybridized carbons (Fsp3) is 0.611. The first kappa shape index (κ1) is 19.3. The fourth-order valence-corrected chi connectivity index (χ4v) is 2.82. The monoisotopic (exact) mass is 351 g/mol. The topological polar surface area (TPSA) is 93.1 Å². The molecule has 7 heteroatoms. The van der Waals surface area contributed by atoms with Crippen molar-refractivity contribution >= 4 is 17.7 Å². The summed E-state index contributed by atoms with van der Waals surface area (Å²) in [6, 6.07) is 0. The van der Waals surface area contributed by atoms with Crippen molar-refractivity contribution in [2.45, 2.75) is 38.9 Å². The number of hydrogen-bond donors (Lipinski definition) is 1. The van der Waals surface area contributed by atoms with Crippen molar-refractivity contribution < 1.29 is 29.0 Å². The molecule has 138 valence electrons. The van der Waals surface area contributed by atoms with Gasteiger partial charge in [0.1, 0.15) is 6.61 Å². The van der Waals surface area contributed by atoms with E-state index in [9.17, 15) is 19.5 Å². The molecule has 25 heavy (non-hydrogen) atoms. The number of aliphatic hydroxyl groups is 1. The SMILES string of the molecule is CC=C1C[C@@H](C)[C@H](O)C(=O)OCC2=CCN(C)CC[C@@H](OC1=O)C2=O. The minimum Gasteiger partial charge on any atom is -0.459 e. The maximum atomic E-state index is 12.7. The van der Waals surface area contributed by atoms with Crippen LogP contribution in [0.25, 0.3) is 0 Å². The Morgan fingerprint density at radius 3 is 2.72 bits per heavy atom. The van der Waals surface area contributed by atoms with Crippen LogP contribution in [0.3, 0.4) is 0 Å². The number of aliphatic hydroxyl groups excluding tert-OH is 1. The summed E-state index contributed by atoms with van der Waals surface area (Å²) in [4.78, 5) is 39.2. The average molecular weight is 351 g/mol. The molecule has 0 unspecified atom stereocenters. The first-order chi connectivity index (χ1) is 11.8. The van der Waals surface area contributed by atoms with E-state index in [1.807, 2.05) is 11.9 Å². The molecule has 7 nitrogen and oxygen atoms in total. The molecule has 2 aliphatic heterocycles. The lowest BCUT2D eigenvalue weighted by molar-refractivity contribution is -0.158. The Hall–Kier alpha value is -1.99. The lowest BCUT2D eigenvalue weighted by atomic mass is 9.95. The van der Waals surface area contributed by atoms with E-state index in [2.05, 4.69) is 0 Å². The number of Topliss-reactive ketones (excluding diaryl/α,β-unsaturated/α-hetero) is 1. The molecule has 2 bridgehead atoms. The van der Waals surface area contributed by atoms with Crippen molar-refractivity contribution in [2.75, 3.05) is 26.7 Å². The summed E-state index contributed by atoms with van der Waals surface area (Å²) in [7, 11) is 1.89. The molecular formula is C18H25NO6. The van der Waals surface area contributed by atoms with Crippen LogP contribution >= 0.6 is 0 Å². The zero-order valence-electron chi connectivity index (χ0n) is 14.9. The number of allylic oxidation sites excluding steroid dienone is 1. The Kier molecular flexibility index (Phi) is 6.50. The van der Waals surface area contributed by atoms with E-state index in [0.29, 0.717) is 25.1 Å². The van der Waals surface area contributed by atoms with E-state index in [1.54, 1.807) is 26.0 Å². The average Bonchev–Trinajstić information content (AvgIpc) is 2.59. The summed E-state index contributed by atoms with van der Waals surface area (Å²) in [5.41, 5.74) is 0.605. The Morgan fingerprint density at radius 1 is 1.32 bits per heavy atom. The molecule has 0 aromatic carbocycles. The quantitative estimate of drug-likeness (QED) is 0.505. The van der Waals surface area contributed by atoms with Crippen molar-refractivity contribution in [2.24, 2.45) is 5.92 Å². The third kappa shape index (κ3) is 4.76. The first-order valence-electron chi connectivity index (χ1n) is 8.46. The molecule has 0 spiro atoms. The van der Waals surface area contributed by atoms with E-state index in [-0.39, 0.29) is 24.4 Å². The summed E-state index contributed by atoms with van der Waals surface area (Å²) in [6.45, 7) is 4.23. The zero-order chi connectivity index (χ0) is 18.6. The predicted molar refractivity (Wildman–Crippen MR) is 89.6 cm³/mol. The highest BCUT2D eigenvalue weighted by atomic mass is 16.6.